The summed E-state index contributed by atoms with van der Waals surface area (Å²) in [6.45, 7) is 4.91. The van der Waals surface area contributed by atoms with E-state index in [4.69, 9.17) is 12.2 Å². The molecular formula is C27H40N2S. The largest absolute Gasteiger partial charge is 0.363 e. The summed E-state index contributed by atoms with van der Waals surface area (Å²) in [5.41, 5.74) is 2.58. The van der Waals surface area contributed by atoms with Crippen molar-refractivity contribution >= 4 is 17.3 Å². The van der Waals surface area contributed by atoms with Gasteiger partial charge in [-0.05, 0) is 29.8 Å². The van der Waals surface area contributed by atoms with E-state index in [0.29, 0.717) is 0 Å². The maximum Gasteiger partial charge on any atom is 0.169 e. The fraction of sp³-hybridized carbons (Fsp3) is 0.519. The van der Waals surface area contributed by atoms with Crippen LogP contribution in [-0.4, -0.2) is 16.6 Å². The van der Waals surface area contributed by atoms with E-state index in [0.717, 1.165) is 24.7 Å². The average molecular weight is 425 g/mol. The van der Waals surface area contributed by atoms with E-state index < -0.39 is 0 Å². The molecule has 2 aromatic rings. The molecule has 0 saturated heterocycles. The number of rotatable bonds is 15. The number of nitrogens with one attached hydrogen (secondary N) is 1. The van der Waals surface area contributed by atoms with Crippen LogP contribution in [-0.2, 0) is 13.1 Å². The van der Waals surface area contributed by atoms with Gasteiger partial charge in [0.05, 0.1) is 0 Å². The number of hydrogen-bond acceptors (Lipinski definition) is 1. The summed E-state index contributed by atoms with van der Waals surface area (Å²) >= 11 is 5.76. The van der Waals surface area contributed by atoms with Crippen molar-refractivity contribution in [3.63, 3.8) is 0 Å². The van der Waals surface area contributed by atoms with Gasteiger partial charge < -0.3 is 10.2 Å². The van der Waals surface area contributed by atoms with Crippen molar-refractivity contribution in [3.05, 3.63) is 71.8 Å². The standard InChI is InChI=1S/C27H40N2S/c1-2-3-4-5-6-7-8-9-10-17-22-28-27(30)29(23-25-18-13-11-14-19-25)24-26-20-15-12-16-21-26/h11-16,18-21H,2-10,17,22-24H2,1H3,(H,28,30). The van der Waals surface area contributed by atoms with Gasteiger partial charge in [-0.1, -0.05) is 125 Å². The molecule has 2 aromatic carbocycles. The van der Waals surface area contributed by atoms with Gasteiger partial charge in [0, 0.05) is 19.6 Å². The fourth-order valence-electron chi connectivity index (χ4n) is 3.73. The number of benzene rings is 2. The molecule has 0 aliphatic rings. The molecule has 0 aromatic heterocycles. The lowest BCUT2D eigenvalue weighted by Crippen LogP contribution is -2.39. The Kier molecular flexibility index (Phi) is 12.9. The third-order valence-corrected chi connectivity index (χ3v) is 5.93. The van der Waals surface area contributed by atoms with Crippen molar-refractivity contribution in [1.82, 2.24) is 10.2 Å². The lowest BCUT2D eigenvalue weighted by molar-refractivity contribution is 0.398. The summed E-state index contributed by atoms with van der Waals surface area (Å²) in [5, 5.41) is 4.37. The molecule has 0 amide bonds. The van der Waals surface area contributed by atoms with E-state index in [1.807, 2.05) is 0 Å². The molecule has 164 valence electrons. The molecular weight excluding hydrogens is 384 g/mol. The third kappa shape index (κ3) is 10.8. The van der Waals surface area contributed by atoms with Crippen LogP contribution in [0.5, 0.6) is 0 Å². The Morgan fingerprint density at radius 1 is 0.667 bits per heavy atom. The van der Waals surface area contributed by atoms with Gasteiger partial charge in [0.15, 0.2) is 5.11 Å². The van der Waals surface area contributed by atoms with Crippen molar-refractivity contribution in [1.29, 1.82) is 0 Å². The normalized spacial score (nSPS) is 10.7. The molecule has 0 aliphatic carbocycles. The quantitative estimate of drug-likeness (QED) is 0.235. The van der Waals surface area contributed by atoms with Gasteiger partial charge in [-0.15, -0.1) is 0 Å². The predicted molar refractivity (Wildman–Crippen MR) is 135 cm³/mol. The Balaban J connectivity index is 1.67. The summed E-state index contributed by atoms with van der Waals surface area (Å²) in [7, 11) is 0. The minimum atomic E-state index is 0.833. The first kappa shape index (κ1) is 24.4. The van der Waals surface area contributed by atoms with Crippen molar-refractivity contribution in [2.45, 2.75) is 84.2 Å². The highest BCUT2D eigenvalue weighted by Crippen LogP contribution is 2.12. The van der Waals surface area contributed by atoms with Gasteiger partial charge >= 0.3 is 0 Å². The van der Waals surface area contributed by atoms with E-state index in [1.54, 1.807) is 0 Å². The topological polar surface area (TPSA) is 15.3 Å². The van der Waals surface area contributed by atoms with Crippen LogP contribution in [0.15, 0.2) is 60.7 Å². The Labute approximate surface area is 190 Å². The SMILES string of the molecule is CCCCCCCCCCCCNC(=S)N(Cc1ccccc1)Cc1ccccc1. The molecule has 1 N–H and O–H groups in total. The van der Waals surface area contributed by atoms with Crippen molar-refractivity contribution in [3.8, 4) is 0 Å². The Bertz CT molecular complexity index is 630. The molecule has 0 atom stereocenters. The summed E-state index contributed by atoms with van der Waals surface area (Å²) < 4.78 is 0. The molecule has 2 rings (SSSR count). The van der Waals surface area contributed by atoms with Gasteiger partial charge in [-0.2, -0.15) is 0 Å². The van der Waals surface area contributed by atoms with E-state index in [2.05, 4.69) is 77.8 Å². The minimum Gasteiger partial charge on any atom is -0.363 e. The second-order valence-electron chi connectivity index (χ2n) is 8.24. The Morgan fingerprint density at radius 3 is 1.57 bits per heavy atom. The van der Waals surface area contributed by atoms with Crippen LogP contribution in [0.2, 0.25) is 0 Å². The zero-order valence-corrected chi connectivity index (χ0v) is 19.6. The monoisotopic (exact) mass is 424 g/mol. The maximum atomic E-state index is 5.76. The van der Waals surface area contributed by atoms with Gasteiger partial charge in [-0.25, -0.2) is 0 Å². The van der Waals surface area contributed by atoms with Crippen molar-refractivity contribution < 1.29 is 0 Å². The van der Waals surface area contributed by atoms with Crippen molar-refractivity contribution in [2.75, 3.05) is 6.54 Å². The zero-order chi connectivity index (χ0) is 21.3. The third-order valence-electron chi connectivity index (χ3n) is 5.53. The first-order valence-electron chi connectivity index (χ1n) is 11.9. The summed E-state index contributed by atoms with van der Waals surface area (Å²) in [6.07, 6.45) is 13.6. The number of nitrogens with zero attached hydrogens (tertiary/aromatic N) is 1. The second-order valence-corrected chi connectivity index (χ2v) is 8.63. The Hall–Kier alpha value is -1.87. The number of hydrogen-bond donors (Lipinski definition) is 1. The maximum absolute atomic E-state index is 5.76. The second kappa shape index (κ2) is 15.9. The molecule has 0 bridgehead atoms. The smallest absolute Gasteiger partial charge is 0.169 e. The van der Waals surface area contributed by atoms with E-state index in [-0.39, 0.29) is 0 Å². The van der Waals surface area contributed by atoms with Crippen LogP contribution >= 0.6 is 12.2 Å². The molecule has 0 radical (unpaired) electrons. The molecule has 0 fully saturated rings. The molecule has 2 nitrogen and oxygen atoms in total. The van der Waals surface area contributed by atoms with E-state index in [9.17, 15) is 0 Å². The van der Waals surface area contributed by atoms with Crippen molar-refractivity contribution in [2.24, 2.45) is 0 Å². The van der Waals surface area contributed by atoms with Gasteiger partial charge in [0.1, 0.15) is 0 Å². The number of thiocarbonyl (C=S) groups is 1. The van der Waals surface area contributed by atoms with Crippen LogP contribution in [0.3, 0.4) is 0 Å². The molecule has 0 heterocycles. The lowest BCUT2D eigenvalue weighted by Gasteiger charge is -2.26. The van der Waals surface area contributed by atoms with E-state index >= 15 is 0 Å². The molecule has 30 heavy (non-hydrogen) atoms. The average Bonchev–Trinajstić information content (AvgIpc) is 2.78. The predicted octanol–water partition coefficient (Wildman–Crippen LogP) is 7.48. The highest BCUT2D eigenvalue weighted by molar-refractivity contribution is 7.80. The summed E-state index contributed by atoms with van der Waals surface area (Å²) in [4.78, 5) is 2.27. The highest BCUT2D eigenvalue weighted by atomic mass is 32.1. The molecule has 0 aliphatic heterocycles. The fourth-order valence-corrected chi connectivity index (χ4v) is 3.96. The van der Waals surface area contributed by atoms with Gasteiger partial charge in [-0.3, -0.25) is 0 Å². The number of unbranched alkanes of at least 4 members (excludes halogenated alkanes) is 9. The minimum absolute atomic E-state index is 0.833. The summed E-state index contributed by atoms with van der Waals surface area (Å²) in [5.74, 6) is 0. The van der Waals surface area contributed by atoms with Crippen LogP contribution < -0.4 is 5.32 Å². The Morgan fingerprint density at radius 2 is 1.10 bits per heavy atom. The first-order valence-corrected chi connectivity index (χ1v) is 12.3. The molecule has 3 heteroatoms. The van der Waals surface area contributed by atoms with E-state index in [1.165, 1.54) is 75.3 Å². The lowest BCUT2D eigenvalue weighted by atomic mass is 10.1. The van der Waals surface area contributed by atoms with Gasteiger partial charge in [0.2, 0.25) is 0 Å². The first-order chi connectivity index (χ1) is 14.8. The van der Waals surface area contributed by atoms with Crippen LogP contribution in [0.4, 0.5) is 0 Å². The summed E-state index contributed by atoms with van der Waals surface area (Å²) in [6, 6.07) is 21.2. The molecule has 0 spiro atoms. The molecule has 0 saturated carbocycles. The molecule has 0 unspecified atom stereocenters. The van der Waals surface area contributed by atoms with Crippen LogP contribution in [0.1, 0.15) is 82.3 Å². The van der Waals surface area contributed by atoms with Crippen LogP contribution in [0.25, 0.3) is 0 Å². The zero-order valence-electron chi connectivity index (χ0n) is 18.8. The van der Waals surface area contributed by atoms with Gasteiger partial charge in [0.25, 0.3) is 0 Å². The highest BCUT2D eigenvalue weighted by Gasteiger charge is 2.11. The van der Waals surface area contributed by atoms with Crippen LogP contribution in [0, 0.1) is 0 Å².